The van der Waals surface area contributed by atoms with Crippen molar-refractivity contribution in [3.05, 3.63) is 36.6 Å². The van der Waals surface area contributed by atoms with Gasteiger partial charge in [-0.15, -0.1) is 0 Å². The normalized spacial score (nSPS) is 25.8. The highest BCUT2D eigenvalue weighted by Gasteiger charge is 2.25. The van der Waals surface area contributed by atoms with Gasteiger partial charge in [0.05, 0.1) is 12.4 Å². The van der Waals surface area contributed by atoms with Gasteiger partial charge >= 0.3 is 0 Å². The molecule has 1 saturated carbocycles. The Hall–Kier alpha value is -2.45. The van der Waals surface area contributed by atoms with Crippen molar-refractivity contribution in [1.82, 2.24) is 29.8 Å². The van der Waals surface area contributed by atoms with Gasteiger partial charge in [-0.25, -0.2) is 0 Å². The molecule has 8 nitrogen and oxygen atoms in total. The number of aromatic nitrogens is 4. The second kappa shape index (κ2) is 10.7. The van der Waals surface area contributed by atoms with E-state index in [0.717, 1.165) is 67.8 Å². The predicted molar refractivity (Wildman–Crippen MR) is 136 cm³/mol. The van der Waals surface area contributed by atoms with Crippen LogP contribution in [0.5, 0.6) is 0 Å². The lowest BCUT2D eigenvalue weighted by Gasteiger charge is -2.34. The first kappa shape index (κ1) is 23.7. The predicted octanol–water partition coefficient (Wildman–Crippen LogP) is 3.84. The minimum atomic E-state index is 0.175. The first-order valence-corrected chi connectivity index (χ1v) is 12.4. The SMILES string of the molecule is C=CC(=C)CC1CCCC(Nc2nc(N[C@H]3CC[C@H](N(C)C)CN3)nc3c(CC)cnn23)C1. The van der Waals surface area contributed by atoms with Gasteiger partial charge in [-0.2, -0.15) is 19.6 Å². The van der Waals surface area contributed by atoms with E-state index in [4.69, 9.17) is 9.97 Å². The largest absolute Gasteiger partial charge is 0.351 e. The fourth-order valence-corrected chi connectivity index (χ4v) is 5.14. The van der Waals surface area contributed by atoms with Crippen molar-refractivity contribution in [3.63, 3.8) is 0 Å². The summed E-state index contributed by atoms with van der Waals surface area (Å²) in [7, 11) is 4.29. The summed E-state index contributed by atoms with van der Waals surface area (Å²) in [4.78, 5) is 12.0. The van der Waals surface area contributed by atoms with Gasteiger partial charge in [0.15, 0.2) is 5.65 Å². The molecule has 2 unspecified atom stereocenters. The third kappa shape index (κ3) is 5.73. The second-order valence-corrected chi connectivity index (χ2v) is 9.87. The van der Waals surface area contributed by atoms with Crippen LogP contribution in [0.25, 0.3) is 5.65 Å². The molecule has 180 valence electrons. The summed E-state index contributed by atoms with van der Waals surface area (Å²) in [5.74, 6) is 2.07. The maximum absolute atomic E-state index is 4.88. The lowest BCUT2D eigenvalue weighted by atomic mass is 9.82. The van der Waals surface area contributed by atoms with E-state index < -0.39 is 0 Å². The lowest BCUT2D eigenvalue weighted by Crippen LogP contribution is -2.50. The van der Waals surface area contributed by atoms with Crippen molar-refractivity contribution in [2.75, 3.05) is 31.3 Å². The molecule has 2 aromatic rings. The maximum atomic E-state index is 4.88. The van der Waals surface area contributed by atoms with Crippen LogP contribution in [-0.2, 0) is 6.42 Å². The Morgan fingerprint density at radius 1 is 1.24 bits per heavy atom. The van der Waals surface area contributed by atoms with Gasteiger partial charge in [0, 0.05) is 24.2 Å². The Bertz CT molecular complexity index is 957. The summed E-state index contributed by atoms with van der Waals surface area (Å²) in [5.41, 5.74) is 3.15. The Labute approximate surface area is 197 Å². The number of likely N-dealkylation sites (N-methyl/N-ethyl adjacent to an activating group) is 1. The van der Waals surface area contributed by atoms with Crippen LogP contribution in [0.3, 0.4) is 0 Å². The Morgan fingerprint density at radius 3 is 2.79 bits per heavy atom. The molecule has 0 bridgehead atoms. The van der Waals surface area contributed by atoms with Crippen molar-refractivity contribution in [1.29, 1.82) is 0 Å². The number of nitrogens with one attached hydrogen (secondary N) is 3. The van der Waals surface area contributed by atoms with Gasteiger partial charge in [-0.3, -0.25) is 5.32 Å². The van der Waals surface area contributed by atoms with E-state index in [9.17, 15) is 0 Å². The molecule has 0 aromatic carbocycles. The minimum Gasteiger partial charge on any atom is -0.351 e. The van der Waals surface area contributed by atoms with E-state index in [1.165, 1.54) is 12.8 Å². The Morgan fingerprint density at radius 2 is 2.09 bits per heavy atom. The number of aryl methyl sites for hydroxylation is 1. The van der Waals surface area contributed by atoms with Gasteiger partial charge in [0.2, 0.25) is 11.9 Å². The van der Waals surface area contributed by atoms with Crippen LogP contribution in [-0.4, -0.2) is 63.4 Å². The van der Waals surface area contributed by atoms with Crippen LogP contribution in [0.4, 0.5) is 11.9 Å². The second-order valence-electron chi connectivity index (χ2n) is 9.87. The van der Waals surface area contributed by atoms with Crippen LogP contribution >= 0.6 is 0 Å². The van der Waals surface area contributed by atoms with Gasteiger partial charge < -0.3 is 15.5 Å². The fourth-order valence-electron chi connectivity index (χ4n) is 5.14. The summed E-state index contributed by atoms with van der Waals surface area (Å²) in [6, 6.07) is 0.942. The molecule has 0 radical (unpaired) electrons. The average molecular weight is 453 g/mol. The standard InChI is InChI=1S/C25H40N8/c1-6-17(3)13-18-9-8-10-20(14-18)28-25-31-24(30-23-19(7-2)15-27-33(23)25)29-22-12-11-21(16-26-22)32(4)5/h6,15,18,20-22,26H,1,3,7-14,16H2,2,4-5H3,(H2,28,29,30,31)/t18?,20?,21-,22-/m0/s1. The molecule has 1 saturated heterocycles. The van der Waals surface area contributed by atoms with E-state index in [1.807, 2.05) is 16.8 Å². The first-order valence-electron chi connectivity index (χ1n) is 12.4. The van der Waals surface area contributed by atoms with E-state index in [-0.39, 0.29) is 6.17 Å². The maximum Gasteiger partial charge on any atom is 0.229 e. The molecule has 4 rings (SSSR count). The highest BCUT2D eigenvalue weighted by molar-refractivity contribution is 5.55. The van der Waals surface area contributed by atoms with Crippen molar-refractivity contribution in [3.8, 4) is 0 Å². The van der Waals surface area contributed by atoms with Crippen molar-refractivity contribution in [2.24, 2.45) is 5.92 Å². The highest BCUT2D eigenvalue weighted by Crippen LogP contribution is 2.31. The summed E-state index contributed by atoms with van der Waals surface area (Å²) < 4.78 is 1.87. The van der Waals surface area contributed by atoms with Gasteiger partial charge in [-0.1, -0.05) is 38.2 Å². The highest BCUT2D eigenvalue weighted by atomic mass is 15.4. The Balaban J connectivity index is 1.50. The summed E-state index contributed by atoms with van der Waals surface area (Å²) in [6.45, 7) is 11.1. The number of fused-ring (bicyclic) bond motifs is 1. The number of piperidine rings is 1. The molecule has 33 heavy (non-hydrogen) atoms. The molecule has 3 heterocycles. The molecule has 0 amide bonds. The topological polar surface area (TPSA) is 82.4 Å². The van der Waals surface area contributed by atoms with Crippen LogP contribution in [0.1, 0.15) is 57.4 Å². The van der Waals surface area contributed by atoms with Crippen LogP contribution in [0, 0.1) is 5.92 Å². The monoisotopic (exact) mass is 452 g/mol. The molecular formula is C25H40N8. The molecule has 2 aromatic heterocycles. The minimum absolute atomic E-state index is 0.175. The average Bonchev–Trinajstić information content (AvgIpc) is 3.23. The van der Waals surface area contributed by atoms with Crippen LogP contribution in [0.15, 0.2) is 31.0 Å². The van der Waals surface area contributed by atoms with E-state index in [0.29, 0.717) is 23.9 Å². The fraction of sp³-hybridized carbons (Fsp3) is 0.640. The zero-order valence-electron chi connectivity index (χ0n) is 20.5. The van der Waals surface area contributed by atoms with Crippen LogP contribution < -0.4 is 16.0 Å². The Kier molecular flexibility index (Phi) is 7.65. The van der Waals surface area contributed by atoms with E-state index >= 15 is 0 Å². The number of rotatable bonds is 9. The summed E-state index contributed by atoms with van der Waals surface area (Å²) >= 11 is 0. The third-order valence-electron chi connectivity index (χ3n) is 7.20. The summed E-state index contributed by atoms with van der Waals surface area (Å²) in [5, 5.41) is 15.5. The number of hydrogen-bond acceptors (Lipinski definition) is 7. The molecule has 3 N–H and O–H groups in total. The van der Waals surface area contributed by atoms with Crippen molar-refractivity contribution >= 4 is 17.5 Å². The first-order chi connectivity index (χ1) is 16.0. The quantitative estimate of drug-likeness (QED) is 0.499. The smallest absolute Gasteiger partial charge is 0.229 e. The van der Waals surface area contributed by atoms with E-state index in [1.54, 1.807) is 0 Å². The lowest BCUT2D eigenvalue weighted by molar-refractivity contribution is 0.223. The van der Waals surface area contributed by atoms with Crippen LogP contribution in [0.2, 0.25) is 0 Å². The molecule has 1 aliphatic heterocycles. The number of hydrogen-bond donors (Lipinski definition) is 3. The molecule has 2 fully saturated rings. The zero-order valence-corrected chi connectivity index (χ0v) is 20.5. The summed E-state index contributed by atoms with van der Waals surface area (Å²) in [6.07, 6.45) is 12.8. The molecule has 4 atom stereocenters. The van der Waals surface area contributed by atoms with Crippen molar-refractivity contribution in [2.45, 2.75) is 76.5 Å². The third-order valence-corrected chi connectivity index (χ3v) is 7.20. The molecule has 0 spiro atoms. The number of nitrogens with zero attached hydrogens (tertiary/aromatic N) is 5. The number of allylic oxidation sites excluding steroid dienone is 2. The van der Waals surface area contributed by atoms with E-state index in [2.05, 4.69) is 60.1 Å². The zero-order chi connectivity index (χ0) is 23.4. The molecule has 8 heteroatoms. The van der Waals surface area contributed by atoms with Gasteiger partial charge in [0.1, 0.15) is 0 Å². The van der Waals surface area contributed by atoms with Gasteiger partial charge in [-0.05, 0) is 65.0 Å². The number of anilines is 2. The molecule has 1 aliphatic carbocycles. The molecule has 2 aliphatic rings. The van der Waals surface area contributed by atoms with Gasteiger partial charge in [0.25, 0.3) is 0 Å². The van der Waals surface area contributed by atoms with Crippen molar-refractivity contribution < 1.29 is 0 Å². The molecular weight excluding hydrogens is 412 g/mol.